The van der Waals surface area contributed by atoms with Gasteiger partial charge in [-0.15, -0.1) is 0 Å². The van der Waals surface area contributed by atoms with Crippen molar-refractivity contribution in [2.45, 2.75) is 26.9 Å². The molecule has 0 atom stereocenters. The summed E-state index contributed by atoms with van der Waals surface area (Å²) in [6.45, 7) is 3.99. The molecule has 0 spiro atoms. The van der Waals surface area contributed by atoms with Gasteiger partial charge in [0.1, 0.15) is 12.2 Å². The molecule has 4 aromatic rings. The highest BCUT2D eigenvalue weighted by Crippen LogP contribution is 2.23. The van der Waals surface area contributed by atoms with Crippen molar-refractivity contribution in [3.05, 3.63) is 105 Å². The number of carbonyl (C=O) groups is 1. The molecule has 0 saturated heterocycles. The second kappa shape index (κ2) is 8.37. The van der Waals surface area contributed by atoms with Gasteiger partial charge in [0, 0.05) is 17.0 Å². The number of esters is 1. The Bertz CT molecular complexity index is 1250. The highest BCUT2D eigenvalue weighted by molar-refractivity contribution is 5.82. The van der Waals surface area contributed by atoms with E-state index < -0.39 is 5.63 Å². The highest BCUT2D eigenvalue weighted by Gasteiger charge is 2.11. The SMILES string of the molecule is Cc1cc2oc(=O)cc(COC(=O)Cc3ccc(-c4ccccc4)cc3)c2cc1C. The van der Waals surface area contributed by atoms with Crippen LogP contribution in [0.5, 0.6) is 0 Å². The van der Waals surface area contributed by atoms with E-state index in [2.05, 4.69) is 0 Å². The second-order valence-electron chi connectivity index (χ2n) is 7.42. The molecular weight excluding hydrogens is 376 g/mol. The predicted octanol–water partition coefficient (Wildman–Crippen LogP) is 5.36. The summed E-state index contributed by atoms with van der Waals surface area (Å²) in [4.78, 5) is 24.2. The number of hydrogen-bond donors (Lipinski definition) is 0. The van der Waals surface area contributed by atoms with Crippen LogP contribution in [0.2, 0.25) is 0 Å². The first kappa shape index (κ1) is 19.6. The first-order chi connectivity index (χ1) is 14.5. The van der Waals surface area contributed by atoms with Crippen LogP contribution in [0.4, 0.5) is 0 Å². The number of ether oxygens (including phenoxy) is 1. The van der Waals surface area contributed by atoms with E-state index in [1.807, 2.05) is 80.6 Å². The Morgan fingerprint density at radius 2 is 1.53 bits per heavy atom. The minimum atomic E-state index is -0.451. The van der Waals surface area contributed by atoms with Crippen LogP contribution < -0.4 is 5.63 Å². The van der Waals surface area contributed by atoms with Crippen molar-refractivity contribution in [2.75, 3.05) is 0 Å². The van der Waals surface area contributed by atoms with E-state index in [0.29, 0.717) is 11.1 Å². The Kier molecular flexibility index (Phi) is 5.48. The standard InChI is InChI=1S/C26H22O4/c1-17-12-23-22(15-26(28)30-24(23)13-18(17)2)16-29-25(27)14-19-8-10-21(11-9-19)20-6-4-3-5-7-20/h3-13,15H,14,16H2,1-2H3. The van der Waals surface area contributed by atoms with Gasteiger partial charge >= 0.3 is 11.6 Å². The Morgan fingerprint density at radius 3 is 2.27 bits per heavy atom. The monoisotopic (exact) mass is 398 g/mol. The Labute approximate surface area is 174 Å². The number of fused-ring (bicyclic) bond motifs is 1. The van der Waals surface area contributed by atoms with Gasteiger partial charge in [-0.25, -0.2) is 4.79 Å². The van der Waals surface area contributed by atoms with Crippen LogP contribution >= 0.6 is 0 Å². The first-order valence-corrected chi connectivity index (χ1v) is 9.83. The van der Waals surface area contributed by atoms with Crippen molar-refractivity contribution in [2.24, 2.45) is 0 Å². The topological polar surface area (TPSA) is 56.5 Å². The van der Waals surface area contributed by atoms with Crippen LogP contribution in [0.3, 0.4) is 0 Å². The van der Waals surface area contributed by atoms with Crippen LogP contribution in [0.25, 0.3) is 22.1 Å². The Hall–Kier alpha value is -3.66. The van der Waals surface area contributed by atoms with Gasteiger partial charge in [0.2, 0.25) is 0 Å². The molecule has 3 aromatic carbocycles. The van der Waals surface area contributed by atoms with E-state index >= 15 is 0 Å². The van der Waals surface area contributed by atoms with E-state index in [0.717, 1.165) is 33.2 Å². The molecule has 0 aliphatic rings. The average Bonchev–Trinajstić information content (AvgIpc) is 2.74. The molecule has 30 heavy (non-hydrogen) atoms. The van der Waals surface area contributed by atoms with Gasteiger partial charge in [0.15, 0.2) is 0 Å². The molecule has 0 fully saturated rings. The number of carbonyl (C=O) groups excluding carboxylic acids is 1. The highest BCUT2D eigenvalue weighted by atomic mass is 16.5. The molecule has 1 heterocycles. The summed E-state index contributed by atoms with van der Waals surface area (Å²) in [5.41, 5.74) is 5.94. The average molecular weight is 398 g/mol. The fourth-order valence-electron chi connectivity index (χ4n) is 3.42. The molecule has 0 bridgehead atoms. The van der Waals surface area contributed by atoms with Crippen molar-refractivity contribution < 1.29 is 13.9 Å². The lowest BCUT2D eigenvalue weighted by Crippen LogP contribution is -2.10. The first-order valence-electron chi connectivity index (χ1n) is 9.83. The lowest BCUT2D eigenvalue weighted by molar-refractivity contribution is -0.144. The summed E-state index contributed by atoms with van der Waals surface area (Å²) >= 11 is 0. The van der Waals surface area contributed by atoms with Gasteiger partial charge in [0.05, 0.1) is 6.42 Å². The van der Waals surface area contributed by atoms with E-state index in [9.17, 15) is 9.59 Å². The lowest BCUT2D eigenvalue weighted by atomic mass is 10.0. The van der Waals surface area contributed by atoms with Crippen molar-refractivity contribution in [1.29, 1.82) is 0 Å². The summed E-state index contributed by atoms with van der Waals surface area (Å²) in [5, 5.41) is 0.790. The van der Waals surface area contributed by atoms with Gasteiger partial charge in [-0.05, 0) is 53.8 Å². The Balaban J connectivity index is 1.45. The maximum Gasteiger partial charge on any atom is 0.336 e. The molecule has 150 valence electrons. The quantitative estimate of drug-likeness (QED) is 0.335. The normalized spacial score (nSPS) is 10.9. The summed E-state index contributed by atoms with van der Waals surface area (Å²) in [6.07, 6.45) is 0.173. The largest absolute Gasteiger partial charge is 0.461 e. The smallest absolute Gasteiger partial charge is 0.336 e. The fourth-order valence-corrected chi connectivity index (χ4v) is 3.42. The van der Waals surface area contributed by atoms with Crippen molar-refractivity contribution in [3.8, 4) is 11.1 Å². The summed E-state index contributed by atoms with van der Waals surface area (Å²) in [7, 11) is 0. The molecular formula is C26H22O4. The Morgan fingerprint density at radius 1 is 0.867 bits per heavy atom. The molecule has 0 amide bonds. The van der Waals surface area contributed by atoms with Crippen LogP contribution in [-0.4, -0.2) is 5.97 Å². The van der Waals surface area contributed by atoms with Gasteiger partial charge in [-0.2, -0.15) is 0 Å². The van der Waals surface area contributed by atoms with Crippen molar-refractivity contribution in [3.63, 3.8) is 0 Å². The number of benzene rings is 3. The van der Waals surface area contributed by atoms with Gasteiger partial charge in [0.25, 0.3) is 0 Å². The van der Waals surface area contributed by atoms with Crippen LogP contribution in [0.1, 0.15) is 22.3 Å². The molecule has 4 heteroatoms. The van der Waals surface area contributed by atoms with Gasteiger partial charge < -0.3 is 9.15 Å². The zero-order valence-electron chi connectivity index (χ0n) is 17.0. The maximum absolute atomic E-state index is 12.4. The van der Waals surface area contributed by atoms with Crippen molar-refractivity contribution in [1.82, 2.24) is 0 Å². The number of hydrogen-bond acceptors (Lipinski definition) is 4. The van der Waals surface area contributed by atoms with E-state index in [4.69, 9.17) is 9.15 Å². The summed E-state index contributed by atoms with van der Waals surface area (Å²) < 4.78 is 10.8. The molecule has 0 unspecified atom stereocenters. The summed E-state index contributed by atoms with van der Waals surface area (Å²) in [6, 6.07) is 23.1. The maximum atomic E-state index is 12.4. The zero-order chi connectivity index (χ0) is 21.1. The van der Waals surface area contributed by atoms with Crippen molar-refractivity contribution >= 4 is 16.9 Å². The lowest BCUT2D eigenvalue weighted by Gasteiger charge is -2.09. The predicted molar refractivity (Wildman–Crippen MR) is 117 cm³/mol. The molecule has 0 aliphatic heterocycles. The number of aryl methyl sites for hydroxylation is 2. The number of rotatable bonds is 5. The molecule has 1 aromatic heterocycles. The van der Waals surface area contributed by atoms with Crippen LogP contribution in [-0.2, 0) is 22.6 Å². The molecule has 4 rings (SSSR count). The molecule has 0 N–H and O–H groups in total. The minimum Gasteiger partial charge on any atom is -0.461 e. The van der Waals surface area contributed by atoms with E-state index in [1.54, 1.807) is 0 Å². The molecule has 4 nitrogen and oxygen atoms in total. The molecule has 0 saturated carbocycles. The summed E-state index contributed by atoms with van der Waals surface area (Å²) in [5.74, 6) is -0.340. The third-order valence-corrected chi connectivity index (χ3v) is 5.24. The van der Waals surface area contributed by atoms with E-state index in [1.165, 1.54) is 6.07 Å². The fraction of sp³-hybridized carbons (Fsp3) is 0.154. The van der Waals surface area contributed by atoms with Crippen LogP contribution in [0, 0.1) is 13.8 Å². The van der Waals surface area contributed by atoms with Crippen LogP contribution in [0.15, 0.2) is 82.0 Å². The second-order valence-corrected chi connectivity index (χ2v) is 7.42. The third-order valence-electron chi connectivity index (χ3n) is 5.24. The van der Waals surface area contributed by atoms with Gasteiger partial charge in [-0.1, -0.05) is 54.6 Å². The third kappa shape index (κ3) is 4.33. The zero-order valence-corrected chi connectivity index (χ0v) is 17.0. The van der Waals surface area contributed by atoms with E-state index in [-0.39, 0.29) is 19.0 Å². The minimum absolute atomic E-state index is 0.0333. The molecule has 0 aliphatic carbocycles. The van der Waals surface area contributed by atoms with Gasteiger partial charge in [-0.3, -0.25) is 4.79 Å². The molecule has 0 radical (unpaired) electrons.